The maximum atomic E-state index is 5.83. The van der Waals surface area contributed by atoms with Gasteiger partial charge in [0, 0.05) is 5.39 Å². The Morgan fingerprint density at radius 2 is 1.76 bits per heavy atom. The van der Waals surface area contributed by atoms with E-state index in [0.717, 1.165) is 18.8 Å². The minimum absolute atomic E-state index is 0. The Morgan fingerprint density at radius 3 is 2.53 bits per heavy atom. The summed E-state index contributed by atoms with van der Waals surface area (Å²) in [5.41, 5.74) is 0. The number of ether oxygens (including phenoxy) is 1. The summed E-state index contributed by atoms with van der Waals surface area (Å²) in [6, 6.07) is 14.5. The van der Waals surface area contributed by atoms with Gasteiger partial charge in [0.25, 0.3) is 0 Å². The minimum atomic E-state index is 0. The van der Waals surface area contributed by atoms with Gasteiger partial charge in [0.15, 0.2) is 0 Å². The quantitative estimate of drug-likeness (QED) is 0.731. The molecule has 0 bridgehead atoms. The third-order valence-electron chi connectivity index (χ3n) is 2.70. The topological polar surface area (TPSA) is 9.23 Å². The molecule has 1 nitrogen and oxygen atoms in total. The van der Waals surface area contributed by atoms with E-state index in [2.05, 4.69) is 44.2 Å². The van der Waals surface area contributed by atoms with Gasteiger partial charge >= 0.3 is 23.1 Å². The smallest absolute Gasteiger partial charge is 1.00 e. The number of rotatable bonds is 4. The van der Waals surface area contributed by atoms with E-state index in [4.69, 9.17) is 4.74 Å². The van der Waals surface area contributed by atoms with E-state index in [-0.39, 0.29) is 25.9 Å². The van der Waals surface area contributed by atoms with E-state index in [0.29, 0.717) is 5.92 Å². The summed E-state index contributed by atoms with van der Waals surface area (Å²) in [5.74, 6) is 1.69. The average Bonchev–Trinajstić information content (AvgIpc) is 2.29. The van der Waals surface area contributed by atoms with Crippen molar-refractivity contribution in [1.82, 2.24) is 0 Å². The van der Waals surface area contributed by atoms with Crippen LogP contribution in [0.15, 0.2) is 42.5 Å². The van der Waals surface area contributed by atoms with E-state index >= 15 is 0 Å². The summed E-state index contributed by atoms with van der Waals surface area (Å²) in [6.07, 6.45) is 1.10. The van der Waals surface area contributed by atoms with Crippen LogP contribution in [-0.2, 0) is 0 Å². The maximum Gasteiger partial charge on any atom is 2.00 e. The summed E-state index contributed by atoms with van der Waals surface area (Å²) >= 11 is 0. The number of benzene rings is 2. The molecular weight excluding hydrogens is 220 g/mol. The Hall–Kier alpha value is -0.734. The Labute approximate surface area is 122 Å². The molecule has 0 aliphatic carbocycles. The predicted octanol–water partition coefficient (Wildman–Crippen LogP) is 4.11. The van der Waals surface area contributed by atoms with Gasteiger partial charge in [0.2, 0.25) is 0 Å². The van der Waals surface area contributed by atoms with Gasteiger partial charge in [-0.15, -0.1) is 0 Å². The molecule has 0 saturated heterocycles. The molecule has 0 atom stereocenters. The van der Waals surface area contributed by atoms with Crippen LogP contribution >= 0.6 is 0 Å². The third-order valence-corrected chi connectivity index (χ3v) is 2.70. The molecular formula is C15H20MgO. The first-order valence-electron chi connectivity index (χ1n) is 5.88. The van der Waals surface area contributed by atoms with Crippen LogP contribution in [0, 0.1) is 5.92 Å². The van der Waals surface area contributed by atoms with Crippen molar-refractivity contribution in [3.8, 4) is 5.75 Å². The van der Waals surface area contributed by atoms with E-state index in [1.165, 1.54) is 10.8 Å². The summed E-state index contributed by atoms with van der Waals surface area (Å²) in [6.45, 7) is 5.23. The zero-order valence-electron chi connectivity index (χ0n) is 12.6. The molecule has 0 fully saturated rings. The molecule has 88 valence electrons. The summed E-state index contributed by atoms with van der Waals surface area (Å²) < 4.78 is 5.83. The Bertz CT molecular complexity index is 469. The summed E-state index contributed by atoms with van der Waals surface area (Å²) in [4.78, 5) is 0. The van der Waals surface area contributed by atoms with Gasteiger partial charge in [-0.3, -0.25) is 0 Å². The van der Waals surface area contributed by atoms with Crippen LogP contribution in [0.5, 0.6) is 5.75 Å². The minimum Gasteiger partial charge on any atom is -1.00 e. The van der Waals surface area contributed by atoms with Gasteiger partial charge in [-0.1, -0.05) is 50.2 Å². The first kappa shape index (κ1) is 14.3. The molecule has 2 aromatic carbocycles. The molecule has 2 rings (SSSR count). The standard InChI is InChI=1S/C15H18O.Mg.2H/c1-12(2)10-11-16-15-9-5-7-13-6-3-4-8-14(13)15;;;/h3-9,12H,10-11H2,1-2H3;;;/q;+2;2*-1. The molecule has 0 unspecified atom stereocenters. The van der Waals surface area contributed by atoms with Crippen LogP contribution < -0.4 is 4.74 Å². The first-order valence-corrected chi connectivity index (χ1v) is 5.88. The van der Waals surface area contributed by atoms with Crippen LogP contribution in [-0.4, -0.2) is 29.7 Å². The first-order chi connectivity index (χ1) is 7.77. The molecule has 0 heterocycles. The van der Waals surface area contributed by atoms with Crippen LogP contribution in [0.25, 0.3) is 10.8 Å². The Kier molecular flexibility index (Phi) is 5.79. The number of fused-ring (bicyclic) bond motifs is 1. The molecule has 2 heteroatoms. The molecule has 0 aliphatic heterocycles. The molecule has 0 aromatic heterocycles. The summed E-state index contributed by atoms with van der Waals surface area (Å²) in [5, 5.41) is 2.44. The van der Waals surface area contributed by atoms with Gasteiger partial charge in [-0.2, -0.15) is 0 Å². The van der Waals surface area contributed by atoms with E-state index in [1.807, 2.05) is 12.1 Å². The van der Waals surface area contributed by atoms with Crippen molar-refractivity contribution in [2.75, 3.05) is 6.61 Å². The van der Waals surface area contributed by atoms with Crippen LogP contribution in [0.1, 0.15) is 23.1 Å². The molecule has 0 radical (unpaired) electrons. The number of hydrogen-bond acceptors (Lipinski definition) is 1. The maximum absolute atomic E-state index is 5.83. The Balaban J connectivity index is 0. The van der Waals surface area contributed by atoms with Crippen molar-refractivity contribution in [2.24, 2.45) is 5.92 Å². The molecule has 0 spiro atoms. The van der Waals surface area contributed by atoms with Crippen molar-refractivity contribution in [2.45, 2.75) is 20.3 Å². The van der Waals surface area contributed by atoms with Gasteiger partial charge < -0.3 is 7.59 Å². The second kappa shape index (κ2) is 6.87. The van der Waals surface area contributed by atoms with Gasteiger partial charge in [-0.25, -0.2) is 0 Å². The van der Waals surface area contributed by atoms with Gasteiger partial charge in [0.1, 0.15) is 5.75 Å². The molecule has 0 aliphatic rings. The molecule has 2 aromatic rings. The van der Waals surface area contributed by atoms with Crippen LogP contribution in [0.2, 0.25) is 0 Å². The third kappa shape index (κ3) is 3.89. The van der Waals surface area contributed by atoms with Crippen molar-refractivity contribution in [1.29, 1.82) is 0 Å². The zero-order valence-corrected chi connectivity index (χ0v) is 12.1. The van der Waals surface area contributed by atoms with Crippen molar-refractivity contribution >= 4 is 33.8 Å². The summed E-state index contributed by atoms with van der Waals surface area (Å²) in [7, 11) is 0. The fraction of sp³-hybridized carbons (Fsp3) is 0.333. The van der Waals surface area contributed by atoms with E-state index in [9.17, 15) is 0 Å². The van der Waals surface area contributed by atoms with Crippen molar-refractivity contribution in [3.05, 3.63) is 42.5 Å². The van der Waals surface area contributed by atoms with Crippen molar-refractivity contribution in [3.63, 3.8) is 0 Å². The largest absolute Gasteiger partial charge is 2.00 e. The monoisotopic (exact) mass is 240 g/mol. The molecule has 17 heavy (non-hydrogen) atoms. The van der Waals surface area contributed by atoms with Gasteiger partial charge in [0.05, 0.1) is 6.61 Å². The molecule has 0 N–H and O–H groups in total. The number of hydrogen-bond donors (Lipinski definition) is 0. The van der Waals surface area contributed by atoms with Crippen molar-refractivity contribution < 1.29 is 7.59 Å². The zero-order chi connectivity index (χ0) is 11.4. The van der Waals surface area contributed by atoms with E-state index < -0.39 is 0 Å². The Morgan fingerprint density at radius 1 is 1.06 bits per heavy atom. The second-order valence-corrected chi connectivity index (χ2v) is 4.51. The van der Waals surface area contributed by atoms with Crippen LogP contribution in [0.3, 0.4) is 0 Å². The molecule has 0 amide bonds. The van der Waals surface area contributed by atoms with E-state index in [1.54, 1.807) is 0 Å². The normalized spacial score (nSPS) is 10.3. The fourth-order valence-electron chi connectivity index (χ4n) is 1.73. The fourth-order valence-corrected chi connectivity index (χ4v) is 1.73. The second-order valence-electron chi connectivity index (χ2n) is 4.51. The molecule has 0 saturated carbocycles. The average molecular weight is 241 g/mol. The SMILES string of the molecule is CC(C)CCOc1cccc2ccccc12.[H-].[H-].[Mg+2]. The predicted molar refractivity (Wildman–Crippen MR) is 76.9 cm³/mol. The van der Waals surface area contributed by atoms with Gasteiger partial charge in [-0.05, 0) is 23.8 Å². The van der Waals surface area contributed by atoms with Crippen LogP contribution in [0.4, 0.5) is 0 Å².